The Morgan fingerprint density at radius 3 is 2.97 bits per heavy atom. The maximum atomic E-state index is 12.5. The number of nitrogens with one attached hydrogen (secondary N) is 1. The molecule has 0 saturated heterocycles. The van der Waals surface area contributed by atoms with Crippen LogP contribution in [0.15, 0.2) is 59.8 Å². The van der Waals surface area contributed by atoms with Crippen LogP contribution in [-0.2, 0) is 13.6 Å². The summed E-state index contributed by atoms with van der Waals surface area (Å²) in [4.78, 5) is 17.0. The predicted octanol–water partition coefficient (Wildman–Crippen LogP) is 2.93. The zero-order chi connectivity index (χ0) is 21.4. The molecule has 1 aliphatic carbocycles. The lowest BCUT2D eigenvalue weighted by molar-refractivity contribution is 0.278. The molecule has 0 unspecified atom stereocenters. The van der Waals surface area contributed by atoms with Crippen LogP contribution in [0.5, 0.6) is 5.88 Å². The van der Waals surface area contributed by atoms with Crippen molar-refractivity contribution < 1.29 is 4.74 Å². The van der Waals surface area contributed by atoms with E-state index in [9.17, 15) is 4.79 Å². The molecule has 158 valence electrons. The quantitative estimate of drug-likeness (QED) is 0.499. The van der Waals surface area contributed by atoms with Crippen molar-refractivity contribution in [3.63, 3.8) is 0 Å². The minimum absolute atomic E-state index is 0.197. The summed E-state index contributed by atoms with van der Waals surface area (Å²) in [6.07, 6.45) is 6.66. The van der Waals surface area contributed by atoms with Gasteiger partial charge in [-0.15, -0.1) is 5.10 Å². The molecule has 0 amide bonds. The SMILES string of the molecule is Cc1ccc([C@H]2C[C@@H]2COc2cc(NCc3cnn4ccccc34)c(=O)n(C)n2)nc1. The maximum Gasteiger partial charge on any atom is 0.290 e. The van der Waals surface area contributed by atoms with Crippen molar-refractivity contribution in [3.05, 3.63) is 82.2 Å². The van der Waals surface area contributed by atoms with Crippen LogP contribution in [0.4, 0.5) is 5.69 Å². The van der Waals surface area contributed by atoms with Crippen LogP contribution in [0.1, 0.15) is 29.2 Å². The summed E-state index contributed by atoms with van der Waals surface area (Å²) < 4.78 is 9.05. The van der Waals surface area contributed by atoms with E-state index in [2.05, 4.69) is 32.6 Å². The van der Waals surface area contributed by atoms with Crippen molar-refractivity contribution in [2.45, 2.75) is 25.8 Å². The minimum atomic E-state index is -0.197. The molecule has 0 aromatic carbocycles. The average Bonchev–Trinajstić information content (AvgIpc) is 3.44. The minimum Gasteiger partial charge on any atom is -0.476 e. The van der Waals surface area contributed by atoms with Gasteiger partial charge in [-0.3, -0.25) is 9.78 Å². The highest BCUT2D eigenvalue weighted by Gasteiger charge is 2.40. The third-order valence-electron chi connectivity index (χ3n) is 5.70. The van der Waals surface area contributed by atoms with E-state index < -0.39 is 0 Å². The van der Waals surface area contributed by atoms with Crippen molar-refractivity contribution in [1.29, 1.82) is 0 Å². The zero-order valence-corrected chi connectivity index (χ0v) is 17.5. The number of aromatic nitrogens is 5. The van der Waals surface area contributed by atoms with E-state index in [1.807, 2.05) is 42.0 Å². The summed E-state index contributed by atoms with van der Waals surface area (Å²) in [7, 11) is 1.63. The van der Waals surface area contributed by atoms with Crippen LogP contribution < -0.4 is 15.6 Å². The fourth-order valence-corrected chi connectivity index (χ4v) is 3.78. The normalized spacial score (nSPS) is 17.6. The first kappa shape index (κ1) is 19.3. The van der Waals surface area contributed by atoms with Gasteiger partial charge in [0.2, 0.25) is 5.88 Å². The summed E-state index contributed by atoms with van der Waals surface area (Å²) in [5.41, 5.74) is 4.54. The number of pyridine rings is 2. The second kappa shape index (κ2) is 7.86. The first-order chi connectivity index (χ1) is 15.1. The molecule has 4 aromatic heterocycles. The molecule has 2 atom stereocenters. The molecule has 0 radical (unpaired) electrons. The average molecular weight is 416 g/mol. The second-order valence-electron chi connectivity index (χ2n) is 8.05. The molecule has 4 heterocycles. The van der Waals surface area contributed by atoms with Crippen LogP contribution >= 0.6 is 0 Å². The van der Waals surface area contributed by atoms with Crippen LogP contribution in [-0.4, -0.2) is 31.0 Å². The maximum absolute atomic E-state index is 12.5. The Kier molecular flexibility index (Phi) is 4.89. The number of rotatable bonds is 7. The van der Waals surface area contributed by atoms with E-state index in [4.69, 9.17) is 4.74 Å². The van der Waals surface area contributed by atoms with E-state index in [-0.39, 0.29) is 5.56 Å². The van der Waals surface area contributed by atoms with Gasteiger partial charge in [0, 0.05) is 55.1 Å². The summed E-state index contributed by atoms with van der Waals surface area (Å²) in [5.74, 6) is 1.29. The van der Waals surface area contributed by atoms with Crippen LogP contribution in [0.2, 0.25) is 0 Å². The van der Waals surface area contributed by atoms with Gasteiger partial charge in [-0.05, 0) is 37.1 Å². The lowest BCUT2D eigenvalue weighted by atomic mass is 10.2. The smallest absolute Gasteiger partial charge is 0.290 e. The van der Waals surface area contributed by atoms with Gasteiger partial charge in [0.25, 0.3) is 5.56 Å². The van der Waals surface area contributed by atoms with Gasteiger partial charge in [0.05, 0.1) is 18.3 Å². The Labute approximate surface area is 179 Å². The van der Waals surface area contributed by atoms with Crippen molar-refractivity contribution >= 4 is 11.2 Å². The third kappa shape index (κ3) is 4.01. The Bertz CT molecular complexity index is 1280. The molecule has 0 bridgehead atoms. The van der Waals surface area contributed by atoms with Crippen molar-refractivity contribution in [2.24, 2.45) is 13.0 Å². The predicted molar refractivity (Wildman–Crippen MR) is 117 cm³/mol. The van der Waals surface area contributed by atoms with E-state index in [1.54, 1.807) is 19.3 Å². The van der Waals surface area contributed by atoms with E-state index in [1.165, 1.54) is 4.68 Å². The first-order valence-corrected chi connectivity index (χ1v) is 10.4. The highest BCUT2D eigenvalue weighted by molar-refractivity contribution is 5.55. The summed E-state index contributed by atoms with van der Waals surface area (Å²) in [6.45, 7) is 3.08. The molecule has 0 spiro atoms. The van der Waals surface area contributed by atoms with Crippen LogP contribution in [0.3, 0.4) is 0 Å². The summed E-state index contributed by atoms with van der Waals surface area (Å²) in [5, 5.41) is 11.8. The van der Waals surface area contributed by atoms with Crippen molar-refractivity contribution in [2.75, 3.05) is 11.9 Å². The fraction of sp³-hybridized carbons (Fsp3) is 0.304. The third-order valence-corrected chi connectivity index (χ3v) is 5.70. The van der Waals surface area contributed by atoms with Crippen LogP contribution in [0, 0.1) is 12.8 Å². The molecule has 4 aromatic rings. The number of hydrogen-bond acceptors (Lipinski definition) is 6. The number of anilines is 1. The fourth-order valence-electron chi connectivity index (χ4n) is 3.78. The van der Waals surface area contributed by atoms with Crippen LogP contribution in [0.25, 0.3) is 5.52 Å². The summed E-state index contributed by atoms with van der Waals surface area (Å²) >= 11 is 0. The van der Waals surface area contributed by atoms with Gasteiger partial charge in [-0.25, -0.2) is 9.20 Å². The van der Waals surface area contributed by atoms with E-state index in [0.717, 1.165) is 28.8 Å². The van der Waals surface area contributed by atoms with Gasteiger partial charge in [-0.1, -0.05) is 12.1 Å². The molecular formula is C23H24N6O2. The lowest BCUT2D eigenvalue weighted by Gasteiger charge is -2.10. The number of ether oxygens (including phenoxy) is 1. The standard InChI is InChI=1S/C23H24N6O2/c1-15-6-7-19(24-11-15)18-9-16(18)14-31-22-10-20(23(30)28(2)27-22)25-12-17-13-26-29-8-4-3-5-21(17)29/h3-8,10-11,13,16,18,25H,9,12,14H2,1-2H3/t16-,18+/m1/s1. The number of nitrogens with zero attached hydrogens (tertiary/aromatic N) is 5. The van der Waals surface area contributed by atoms with Gasteiger partial charge < -0.3 is 10.1 Å². The molecule has 8 heteroatoms. The molecule has 0 aliphatic heterocycles. The van der Waals surface area contributed by atoms with Gasteiger partial charge in [0.1, 0.15) is 5.69 Å². The molecule has 1 aliphatic rings. The topological polar surface area (TPSA) is 86.3 Å². The lowest BCUT2D eigenvalue weighted by Crippen LogP contribution is -2.24. The monoisotopic (exact) mass is 416 g/mol. The van der Waals surface area contributed by atoms with E-state index in [0.29, 0.717) is 36.6 Å². The first-order valence-electron chi connectivity index (χ1n) is 10.4. The number of fused-ring (bicyclic) bond motifs is 1. The van der Waals surface area contributed by atoms with E-state index >= 15 is 0 Å². The molecule has 1 fully saturated rings. The molecule has 1 saturated carbocycles. The summed E-state index contributed by atoms with van der Waals surface area (Å²) in [6, 6.07) is 11.8. The Morgan fingerprint density at radius 1 is 1.23 bits per heavy atom. The number of hydrogen-bond donors (Lipinski definition) is 1. The van der Waals surface area contributed by atoms with Gasteiger partial charge >= 0.3 is 0 Å². The highest BCUT2D eigenvalue weighted by atomic mass is 16.5. The largest absolute Gasteiger partial charge is 0.476 e. The van der Waals surface area contributed by atoms with Gasteiger partial charge in [0.15, 0.2) is 0 Å². The molecule has 1 N–H and O–H groups in total. The Balaban J connectivity index is 1.24. The second-order valence-corrected chi connectivity index (χ2v) is 8.05. The molecule has 8 nitrogen and oxygen atoms in total. The zero-order valence-electron chi connectivity index (χ0n) is 17.5. The van der Waals surface area contributed by atoms with Crippen molar-refractivity contribution in [3.8, 4) is 5.88 Å². The van der Waals surface area contributed by atoms with Gasteiger partial charge in [-0.2, -0.15) is 5.10 Å². The molecular weight excluding hydrogens is 392 g/mol. The molecule has 31 heavy (non-hydrogen) atoms. The molecule has 5 rings (SSSR count). The Hall–Kier alpha value is -3.68. The Morgan fingerprint density at radius 2 is 2.13 bits per heavy atom. The highest BCUT2D eigenvalue weighted by Crippen LogP contribution is 2.46. The van der Waals surface area contributed by atoms with Crippen molar-refractivity contribution in [1.82, 2.24) is 24.4 Å². The number of aryl methyl sites for hydroxylation is 2.